The Bertz CT molecular complexity index is 976. The lowest BCUT2D eigenvalue weighted by Crippen LogP contribution is -2.50. The molecule has 0 saturated carbocycles. The molecule has 150 valence electrons. The molecule has 2 aromatic rings. The van der Waals surface area contributed by atoms with Crippen LogP contribution < -0.4 is 5.32 Å². The van der Waals surface area contributed by atoms with Gasteiger partial charge in [0.2, 0.25) is 15.9 Å². The molecule has 1 amide bonds. The molecule has 0 atom stereocenters. The van der Waals surface area contributed by atoms with Crippen molar-refractivity contribution in [3.8, 4) is 0 Å². The molecule has 9 heteroatoms. The number of nitrogens with one attached hydrogen (secondary N) is 1. The highest BCUT2D eigenvalue weighted by Crippen LogP contribution is 2.25. The molecule has 28 heavy (non-hydrogen) atoms. The van der Waals surface area contributed by atoms with Crippen LogP contribution in [0.25, 0.3) is 0 Å². The number of piperazine rings is 1. The van der Waals surface area contributed by atoms with Gasteiger partial charge >= 0.3 is 0 Å². The zero-order valence-corrected chi connectivity index (χ0v) is 16.9. The summed E-state index contributed by atoms with van der Waals surface area (Å²) in [5.41, 5.74) is 0.905. The second kappa shape index (κ2) is 8.57. The van der Waals surface area contributed by atoms with Crippen molar-refractivity contribution < 1.29 is 17.6 Å². The van der Waals surface area contributed by atoms with Gasteiger partial charge in [0, 0.05) is 31.9 Å². The van der Waals surface area contributed by atoms with Crippen LogP contribution in [0.1, 0.15) is 5.56 Å². The highest BCUT2D eigenvalue weighted by molar-refractivity contribution is 7.89. The molecule has 1 aliphatic rings. The van der Waals surface area contributed by atoms with Crippen molar-refractivity contribution in [2.45, 2.75) is 11.8 Å². The number of benzene rings is 2. The lowest BCUT2D eigenvalue weighted by Gasteiger charge is -2.33. The van der Waals surface area contributed by atoms with Crippen molar-refractivity contribution in [3.05, 3.63) is 58.9 Å². The van der Waals surface area contributed by atoms with Crippen molar-refractivity contribution in [3.63, 3.8) is 0 Å². The molecule has 0 aliphatic carbocycles. The minimum Gasteiger partial charge on any atom is -0.325 e. The van der Waals surface area contributed by atoms with E-state index in [4.69, 9.17) is 11.6 Å². The topological polar surface area (TPSA) is 69.7 Å². The van der Waals surface area contributed by atoms with Crippen molar-refractivity contribution in [1.29, 1.82) is 0 Å². The van der Waals surface area contributed by atoms with Gasteiger partial charge in [0.05, 0.1) is 11.6 Å². The normalized spacial score (nSPS) is 16.1. The first-order chi connectivity index (χ1) is 13.3. The van der Waals surface area contributed by atoms with Crippen LogP contribution in [-0.2, 0) is 14.8 Å². The van der Waals surface area contributed by atoms with E-state index in [1.807, 2.05) is 4.90 Å². The third-order valence-corrected chi connectivity index (χ3v) is 7.01. The van der Waals surface area contributed by atoms with Crippen molar-refractivity contribution in [2.24, 2.45) is 0 Å². The average Bonchev–Trinajstić information content (AvgIpc) is 2.65. The molecule has 1 N–H and O–H groups in total. The van der Waals surface area contributed by atoms with Gasteiger partial charge in [0.15, 0.2) is 0 Å². The summed E-state index contributed by atoms with van der Waals surface area (Å²) in [5.74, 6) is -0.651. The number of anilines is 1. The first-order valence-corrected chi connectivity index (χ1v) is 10.6. The molecule has 0 unspecified atom stereocenters. The van der Waals surface area contributed by atoms with E-state index in [1.54, 1.807) is 37.3 Å². The summed E-state index contributed by atoms with van der Waals surface area (Å²) < 4.78 is 40.4. The predicted molar refractivity (Wildman–Crippen MR) is 106 cm³/mol. The van der Waals surface area contributed by atoms with E-state index in [1.165, 1.54) is 16.4 Å². The number of aryl methyl sites for hydroxylation is 1. The molecule has 0 bridgehead atoms. The molecule has 1 aliphatic heterocycles. The molecular formula is C19H21ClFN3O3S. The van der Waals surface area contributed by atoms with Crippen LogP contribution in [0.4, 0.5) is 10.1 Å². The number of nitrogens with zero attached hydrogens (tertiary/aromatic N) is 2. The Morgan fingerprint density at radius 3 is 2.46 bits per heavy atom. The zero-order valence-electron chi connectivity index (χ0n) is 15.4. The van der Waals surface area contributed by atoms with Crippen molar-refractivity contribution in [1.82, 2.24) is 9.21 Å². The third-order valence-electron chi connectivity index (χ3n) is 4.61. The van der Waals surface area contributed by atoms with Gasteiger partial charge in [-0.2, -0.15) is 4.31 Å². The van der Waals surface area contributed by atoms with Crippen LogP contribution in [-0.4, -0.2) is 56.3 Å². The number of hydrogen-bond donors (Lipinski definition) is 1. The van der Waals surface area contributed by atoms with E-state index in [0.29, 0.717) is 24.3 Å². The smallest absolute Gasteiger partial charge is 0.244 e. The van der Waals surface area contributed by atoms with Gasteiger partial charge in [-0.05, 0) is 36.8 Å². The fraction of sp³-hybridized carbons (Fsp3) is 0.316. The van der Waals surface area contributed by atoms with Gasteiger partial charge < -0.3 is 5.32 Å². The van der Waals surface area contributed by atoms with E-state index >= 15 is 0 Å². The summed E-state index contributed by atoms with van der Waals surface area (Å²) in [6.45, 7) is 3.12. The van der Waals surface area contributed by atoms with Gasteiger partial charge in [0.1, 0.15) is 10.7 Å². The maximum Gasteiger partial charge on any atom is 0.244 e. The minimum absolute atomic E-state index is 0.0873. The number of halogens is 2. The highest BCUT2D eigenvalue weighted by atomic mass is 35.5. The zero-order chi connectivity index (χ0) is 20.3. The van der Waals surface area contributed by atoms with Gasteiger partial charge in [0.25, 0.3) is 0 Å². The molecule has 1 fully saturated rings. The van der Waals surface area contributed by atoms with Crippen LogP contribution >= 0.6 is 11.6 Å². The van der Waals surface area contributed by atoms with Crippen LogP contribution in [0.15, 0.2) is 47.4 Å². The summed E-state index contributed by atoms with van der Waals surface area (Å²) in [5, 5.41) is 2.85. The Morgan fingerprint density at radius 1 is 1.14 bits per heavy atom. The third kappa shape index (κ3) is 4.70. The SMILES string of the molecule is Cc1ccc(NC(=O)CN2CCN(S(=O)(=O)c3ccccc3Cl)CC2)cc1F. The Kier molecular flexibility index (Phi) is 6.34. The first kappa shape index (κ1) is 20.7. The Balaban J connectivity index is 1.56. The number of carbonyl (C=O) groups is 1. The van der Waals surface area contributed by atoms with E-state index in [0.717, 1.165) is 0 Å². The molecule has 2 aromatic carbocycles. The van der Waals surface area contributed by atoms with E-state index < -0.39 is 10.0 Å². The summed E-state index contributed by atoms with van der Waals surface area (Å²) in [7, 11) is -3.67. The van der Waals surface area contributed by atoms with Crippen molar-refractivity contribution in [2.75, 3.05) is 38.0 Å². The molecule has 0 aromatic heterocycles. The Labute approximate surface area is 168 Å². The van der Waals surface area contributed by atoms with Crippen LogP contribution in [0.3, 0.4) is 0 Å². The lowest BCUT2D eigenvalue weighted by atomic mass is 10.2. The van der Waals surface area contributed by atoms with Crippen LogP contribution in [0.2, 0.25) is 5.02 Å². The summed E-state index contributed by atoms with van der Waals surface area (Å²) >= 11 is 6.03. The number of hydrogen-bond acceptors (Lipinski definition) is 4. The quantitative estimate of drug-likeness (QED) is 0.799. The molecule has 1 heterocycles. The van der Waals surface area contributed by atoms with Crippen LogP contribution in [0.5, 0.6) is 0 Å². The highest BCUT2D eigenvalue weighted by Gasteiger charge is 2.30. The molecule has 1 saturated heterocycles. The minimum atomic E-state index is -3.67. The van der Waals surface area contributed by atoms with Gasteiger partial charge in [-0.15, -0.1) is 0 Å². The summed E-state index contributed by atoms with van der Waals surface area (Å²) in [6.07, 6.45) is 0. The molecular weight excluding hydrogens is 405 g/mol. The monoisotopic (exact) mass is 425 g/mol. The van der Waals surface area contributed by atoms with Gasteiger partial charge in [-0.1, -0.05) is 29.8 Å². The van der Waals surface area contributed by atoms with Crippen molar-refractivity contribution >= 4 is 33.2 Å². The largest absolute Gasteiger partial charge is 0.325 e. The van der Waals surface area contributed by atoms with Gasteiger partial charge in [-0.25, -0.2) is 12.8 Å². The summed E-state index contributed by atoms with van der Waals surface area (Å²) in [4.78, 5) is 14.1. The Hall–Kier alpha value is -2.00. The van der Waals surface area contributed by atoms with Crippen LogP contribution in [0, 0.1) is 12.7 Å². The fourth-order valence-corrected chi connectivity index (χ4v) is 4.91. The second-order valence-corrected chi connectivity index (χ2v) is 8.94. The Morgan fingerprint density at radius 2 is 1.82 bits per heavy atom. The average molecular weight is 426 g/mol. The maximum atomic E-state index is 13.6. The lowest BCUT2D eigenvalue weighted by molar-refractivity contribution is -0.117. The molecule has 0 radical (unpaired) electrons. The van der Waals surface area contributed by atoms with E-state index in [2.05, 4.69) is 5.32 Å². The van der Waals surface area contributed by atoms with E-state index in [9.17, 15) is 17.6 Å². The van der Waals surface area contributed by atoms with E-state index in [-0.39, 0.29) is 41.3 Å². The maximum absolute atomic E-state index is 13.6. The number of sulfonamides is 1. The first-order valence-electron chi connectivity index (χ1n) is 8.80. The molecule has 6 nitrogen and oxygen atoms in total. The van der Waals surface area contributed by atoms with Gasteiger partial charge in [-0.3, -0.25) is 9.69 Å². The standard InChI is InChI=1S/C19H21ClFN3O3S/c1-14-6-7-15(12-17(14)21)22-19(25)13-23-8-10-24(11-9-23)28(26,27)18-5-3-2-4-16(18)20/h2-7,12H,8-11,13H2,1H3,(H,22,25). The number of carbonyl (C=O) groups excluding carboxylic acids is 1. The molecule has 0 spiro atoms. The second-order valence-electron chi connectivity index (χ2n) is 6.62. The fourth-order valence-electron chi connectivity index (χ4n) is 3.00. The predicted octanol–water partition coefficient (Wildman–Crippen LogP) is 2.73. The number of rotatable bonds is 5. The summed E-state index contributed by atoms with van der Waals surface area (Å²) in [6, 6.07) is 10.9. The number of amides is 1. The molecule has 3 rings (SSSR count).